The lowest BCUT2D eigenvalue weighted by molar-refractivity contribution is -0.329. The van der Waals surface area contributed by atoms with Crippen LogP contribution in [-0.4, -0.2) is 136 Å². The van der Waals surface area contributed by atoms with E-state index < -0.39 is 72.6 Å². The van der Waals surface area contributed by atoms with E-state index in [4.69, 9.17) is 33.2 Å². The van der Waals surface area contributed by atoms with E-state index in [-0.39, 0.29) is 60.8 Å². The van der Waals surface area contributed by atoms with Crippen LogP contribution in [0.5, 0.6) is 0 Å². The second kappa shape index (κ2) is 16.8. The van der Waals surface area contributed by atoms with Gasteiger partial charge in [-0.3, -0.25) is 4.90 Å². The van der Waals surface area contributed by atoms with Crippen molar-refractivity contribution in [1.82, 2.24) is 4.90 Å². The van der Waals surface area contributed by atoms with Crippen LogP contribution in [0.4, 0.5) is 0 Å². The minimum absolute atomic E-state index is 0.0146. The fourth-order valence-electron chi connectivity index (χ4n) is 13.5. The molecule has 8 aliphatic rings. The molecular formula is C45H73NO12. The topological polar surface area (TPSA) is 166 Å². The summed E-state index contributed by atoms with van der Waals surface area (Å²) in [4.78, 5) is 14.4. The lowest BCUT2D eigenvalue weighted by Gasteiger charge is -2.65. The summed E-state index contributed by atoms with van der Waals surface area (Å²) in [6.07, 6.45) is 4.24. The Labute approximate surface area is 345 Å². The number of aliphatic hydroxyl groups is 4. The molecule has 0 aromatic carbocycles. The van der Waals surface area contributed by atoms with Gasteiger partial charge in [-0.15, -0.1) is 0 Å². The van der Waals surface area contributed by atoms with Crippen LogP contribution in [0.2, 0.25) is 0 Å². The molecule has 4 N–H and O–H groups in total. The van der Waals surface area contributed by atoms with E-state index in [2.05, 4.69) is 39.5 Å². The van der Waals surface area contributed by atoms with Crippen LogP contribution in [0.25, 0.3) is 0 Å². The van der Waals surface area contributed by atoms with E-state index in [0.29, 0.717) is 31.2 Å². The van der Waals surface area contributed by atoms with Gasteiger partial charge in [0.1, 0.15) is 18.8 Å². The van der Waals surface area contributed by atoms with Gasteiger partial charge >= 0.3 is 5.97 Å². The Hall–Kier alpha value is -1.23. The normalized spacial score (nSPS) is 51.8. The Morgan fingerprint density at radius 1 is 0.828 bits per heavy atom. The summed E-state index contributed by atoms with van der Waals surface area (Å²) in [5.74, 6) is 0.279. The molecule has 4 aliphatic heterocycles. The fourth-order valence-corrected chi connectivity index (χ4v) is 13.5. The molecule has 0 aromatic rings. The molecule has 0 radical (unpaired) electrons. The summed E-state index contributed by atoms with van der Waals surface area (Å²) in [7, 11) is 0. The number of aliphatic hydroxyl groups excluding tert-OH is 3. The van der Waals surface area contributed by atoms with Gasteiger partial charge in [0, 0.05) is 49.9 Å². The molecule has 4 heterocycles. The first kappa shape index (κ1) is 43.4. The van der Waals surface area contributed by atoms with Crippen LogP contribution in [0, 0.1) is 34.5 Å². The molecule has 0 aromatic heterocycles. The summed E-state index contributed by atoms with van der Waals surface area (Å²) < 4.78 is 43.4. The van der Waals surface area contributed by atoms with E-state index in [1.165, 1.54) is 0 Å². The lowest BCUT2D eigenvalue weighted by Crippen LogP contribution is -2.67. The van der Waals surface area contributed by atoms with Crippen molar-refractivity contribution in [3.63, 3.8) is 0 Å². The molecule has 13 heteroatoms. The summed E-state index contributed by atoms with van der Waals surface area (Å²) in [5, 5.41) is 47.1. The zero-order chi connectivity index (χ0) is 41.3. The predicted octanol–water partition coefficient (Wildman–Crippen LogP) is 4.60. The Morgan fingerprint density at radius 3 is 2.14 bits per heavy atom. The van der Waals surface area contributed by atoms with Crippen LogP contribution in [-0.2, 0) is 38.0 Å². The lowest BCUT2D eigenvalue weighted by atomic mass is 9.42. The molecule has 330 valence electrons. The quantitative estimate of drug-likeness (QED) is 0.189. The van der Waals surface area contributed by atoms with Crippen LogP contribution < -0.4 is 0 Å². The maximum Gasteiger partial charge on any atom is 0.331 e. The van der Waals surface area contributed by atoms with Gasteiger partial charge in [-0.1, -0.05) is 20.8 Å². The maximum absolute atomic E-state index is 12.6. The largest absolute Gasteiger partial charge is 0.458 e. The van der Waals surface area contributed by atoms with Crippen molar-refractivity contribution in [2.45, 2.75) is 211 Å². The SMILES string of the molecule is CCC(C)N1CCC(O[C@@H]2[C@H](C)O[C@@H](O[C@@H]3[C@H](C)O[C@@H](O[C@H]4CC[C@@]5(C)C(CCC6C5C[C@H](O)[C@]5(C)[C@@H](C7=CC(=O)OC7)CC[C@]65O)C4)C[C@@H]3O)C[C@@H]2O)OC(C)C1. The molecule has 0 amide bonds. The molecule has 0 spiro atoms. The molecule has 4 saturated carbocycles. The van der Waals surface area contributed by atoms with Gasteiger partial charge < -0.3 is 53.6 Å². The fraction of sp³-hybridized carbons (Fsp3) is 0.933. The molecule has 3 saturated heterocycles. The number of carbonyl (C=O) groups is 1. The molecule has 13 nitrogen and oxygen atoms in total. The number of cyclic esters (lactones) is 1. The number of ether oxygens (including phenoxy) is 7. The monoisotopic (exact) mass is 820 g/mol. The molecule has 6 unspecified atom stereocenters. The Kier molecular flexibility index (Phi) is 12.6. The van der Waals surface area contributed by atoms with Crippen molar-refractivity contribution < 1.29 is 58.4 Å². The Morgan fingerprint density at radius 2 is 1.50 bits per heavy atom. The second-order valence-electron chi connectivity index (χ2n) is 20.2. The smallest absolute Gasteiger partial charge is 0.331 e. The highest BCUT2D eigenvalue weighted by atomic mass is 16.7. The van der Waals surface area contributed by atoms with Gasteiger partial charge in [-0.2, -0.15) is 0 Å². The summed E-state index contributed by atoms with van der Waals surface area (Å²) in [5.41, 5.74) is -0.836. The highest BCUT2D eigenvalue weighted by Gasteiger charge is 2.71. The van der Waals surface area contributed by atoms with Crippen molar-refractivity contribution in [1.29, 1.82) is 0 Å². The number of nitrogens with zero attached hydrogens (tertiary/aromatic N) is 1. The second-order valence-corrected chi connectivity index (χ2v) is 20.2. The van der Waals surface area contributed by atoms with Crippen LogP contribution >= 0.6 is 0 Å². The molecule has 58 heavy (non-hydrogen) atoms. The predicted molar refractivity (Wildman–Crippen MR) is 212 cm³/mol. The van der Waals surface area contributed by atoms with Gasteiger partial charge in [0.25, 0.3) is 0 Å². The van der Waals surface area contributed by atoms with Gasteiger partial charge in [0.05, 0.1) is 48.3 Å². The summed E-state index contributed by atoms with van der Waals surface area (Å²) >= 11 is 0. The Bertz CT molecular complexity index is 1470. The molecule has 20 atom stereocenters. The zero-order valence-electron chi connectivity index (χ0n) is 36.0. The van der Waals surface area contributed by atoms with Crippen molar-refractivity contribution in [2.24, 2.45) is 34.5 Å². The summed E-state index contributed by atoms with van der Waals surface area (Å²) in [6, 6.07) is 0.470. The van der Waals surface area contributed by atoms with Crippen molar-refractivity contribution in [3.05, 3.63) is 11.6 Å². The summed E-state index contributed by atoms with van der Waals surface area (Å²) in [6.45, 7) is 16.7. The van der Waals surface area contributed by atoms with Crippen LogP contribution in [0.3, 0.4) is 0 Å². The van der Waals surface area contributed by atoms with Crippen molar-refractivity contribution in [2.75, 3.05) is 19.7 Å². The van der Waals surface area contributed by atoms with E-state index in [1.54, 1.807) is 6.08 Å². The number of hydrogen-bond acceptors (Lipinski definition) is 13. The number of rotatable bonds is 9. The highest BCUT2D eigenvalue weighted by Crippen LogP contribution is 2.70. The van der Waals surface area contributed by atoms with E-state index in [1.807, 2.05) is 13.8 Å². The molecule has 4 aliphatic carbocycles. The average Bonchev–Trinajstić information content (AvgIpc) is 3.66. The molecule has 0 bridgehead atoms. The Balaban J connectivity index is 0.824. The maximum atomic E-state index is 12.6. The molecule has 8 rings (SSSR count). The van der Waals surface area contributed by atoms with E-state index in [0.717, 1.165) is 63.6 Å². The van der Waals surface area contributed by atoms with Gasteiger partial charge in [0.2, 0.25) is 0 Å². The third-order valence-corrected chi connectivity index (χ3v) is 17.0. The standard InChI is InChI=1S/C45H73NO12/c1-8-24(2)46-16-13-38(53-25(3)22-46)57-41-26(4)55-40(21-35(41)48)58-42-27(5)54-39(20-34(42)47)56-30-11-14-43(6)29(18-30)9-10-32-33(43)19-36(49)44(7)31(12-15-45(32,44)51)28-17-37(50)52-23-28/h17,24-27,29-36,38-42,47-49,51H,8-16,18-23H2,1-7H3/t24?,25?,26-,27-,29?,30-,31+,32?,33?,34-,35-,36-,38?,39-,40-,41+,42+,43-,44-,45-/m0/s1. The van der Waals surface area contributed by atoms with E-state index in [9.17, 15) is 25.2 Å². The molecule has 7 fully saturated rings. The first-order valence-electron chi connectivity index (χ1n) is 22.8. The van der Waals surface area contributed by atoms with E-state index >= 15 is 0 Å². The van der Waals surface area contributed by atoms with Crippen molar-refractivity contribution in [3.8, 4) is 0 Å². The highest BCUT2D eigenvalue weighted by molar-refractivity contribution is 5.85. The number of carbonyl (C=O) groups excluding carboxylic acids is 1. The first-order chi connectivity index (χ1) is 27.5. The van der Waals surface area contributed by atoms with Crippen LogP contribution in [0.15, 0.2) is 11.6 Å². The number of hydrogen-bond donors (Lipinski definition) is 4. The number of fused-ring (bicyclic) bond motifs is 5. The minimum atomic E-state index is -0.999. The third-order valence-electron chi connectivity index (χ3n) is 17.0. The zero-order valence-corrected chi connectivity index (χ0v) is 36.0. The van der Waals surface area contributed by atoms with Crippen LogP contribution in [0.1, 0.15) is 126 Å². The first-order valence-corrected chi connectivity index (χ1v) is 22.8. The van der Waals surface area contributed by atoms with Gasteiger partial charge in [0.15, 0.2) is 18.9 Å². The van der Waals surface area contributed by atoms with Crippen molar-refractivity contribution >= 4 is 5.97 Å². The number of esters is 1. The molecular weight excluding hydrogens is 746 g/mol. The third kappa shape index (κ3) is 7.77. The average molecular weight is 820 g/mol. The van der Waals surface area contributed by atoms with Gasteiger partial charge in [-0.25, -0.2) is 4.79 Å². The minimum Gasteiger partial charge on any atom is -0.458 e. The van der Waals surface area contributed by atoms with Gasteiger partial charge in [-0.05, 0) is 120 Å².